The van der Waals surface area contributed by atoms with Crippen molar-refractivity contribution in [1.82, 2.24) is 0 Å². The molecular weight excluding hydrogens is 234 g/mol. The minimum atomic E-state index is -1.45. The maximum atomic E-state index is 11.1. The molecule has 0 aromatic heterocycles. The smallest absolute Gasteiger partial charge is 0.328 e. The number of rotatable bonds is 6. The largest absolute Gasteiger partial charge is 0.490 e. The van der Waals surface area contributed by atoms with E-state index in [9.17, 15) is 4.79 Å². The lowest BCUT2D eigenvalue weighted by molar-refractivity contribution is -0.143. The molecule has 0 aliphatic rings. The fraction of sp³-hybridized carbons (Fsp3) is 0.462. The Morgan fingerprint density at radius 1 is 1.28 bits per heavy atom. The van der Waals surface area contributed by atoms with Gasteiger partial charge in [0.05, 0.1) is 13.2 Å². The highest BCUT2D eigenvalue weighted by Crippen LogP contribution is 2.32. The molecule has 0 heterocycles. The summed E-state index contributed by atoms with van der Waals surface area (Å²) in [6, 6.07) is 4.93. The zero-order valence-electron chi connectivity index (χ0n) is 10.9. The highest BCUT2D eigenvalue weighted by molar-refractivity contribution is 5.80. The Bertz CT molecular complexity index is 429. The normalized spacial score (nSPS) is 13.8. The monoisotopic (exact) mass is 253 g/mol. The van der Waals surface area contributed by atoms with Gasteiger partial charge in [0.2, 0.25) is 0 Å². The standard InChI is InChI=1S/C13H19NO4/c1-4-17-10-7-6-9(8-11(10)18-5-2)13(3,14)12(15)16/h6-8H,4-5,14H2,1-3H3,(H,15,16). The molecule has 1 aromatic rings. The molecule has 0 amide bonds. The molecule has 1 rings (SSSR count). The lowest BCUT2D eigenvalue weighted by Gasteiger charge is -2.21. The molecular formula is C13H19NO4. The lowest BCUT2D eigenvalue weighted by atomic mass is 9.93. The van der Waals surface area contributed by atoms with Crippen LogP contribution in [0.2, 0.25) is 0 Å². The molecule has 1 unspecified atom stereocenters. The summed E-state index contributed by atoms with van der Waals surface area (Å²) in [6.45, 7) is 6.14. The first-order valence-electron chi connectivity index (χ1n) is 5.85. The summed E-state index contributed by atoms with van der Waals surface area (Å²) in [5.41, 5.74) is 4.80. The molecule has 0 aliphatic heterocycles. The second-order valence-corrected chi connectivity index (χ2v) is 4.04. The zero-order valence-corrected chi connectivity index (χ0v) is 10.9. The van der Waals surface area contributed by atoms with Gasteiger partial charge in [-0.2, -0.15) is 0 Å². The number of hydrogen-bond acceptors (Lipinski definition) is 4. The van der Waals surface area contributed by atoms with E-state index >= 15 is 0 Å². The third-order valence-corrected chi connectivity index (χ3v) is 2.59. The molecule has 0 spiro atoms. The molecule has 0 bridgehead atoms. The second kappa shape index (κ2) is 5.73. The maximum Gasteiger partial charge on any atom is 0.328 e. The van der Waals surface area contributed by atoms with Crippen LogP contribution in [0.5, 0.6) is 11.5 Å². The summed E-state index contributed by atoms with van der Waals surface area (Å²) in [5, 5.41) is 9.09. The van der Waals surface area contributed by atoms with E-state index in [-0.39, 0.29) is 0 Å². The van der Waals surface area contributed by atoms with Crippen molar-refractivity contribution in [3.05, 3.63) is 23.8 Å². The van der Waals surface area contributed by atoms with Gasteiger partial charge < -0.3 is 20.3 Å². The molecule has 0 aliphatic carbocycles. The molecule has 5 nitrogen and oxygen atoms in total. The van der Waals surface area contributed by atoms with Crippen LogP contribution in [0.3, 0.4) is 0 Å². The molecule has 0 saturated heterocycles. The van der Waals surface area contributed by atoms with Crippen LogP contribution in [-0.4, -0.2) is 24.3 Å². The van der Waals surface area contributed by atoms with Crippen LogP contribution in [0.25, 0.3) is 0 Å². The number of carboxylic acids is 1. The number of aliphatic carboxylic acids is 1. The second-order valence-electron chi connectivity index (χ2n) is 4.04. The summed E-state index contributed by atoms with van der Waals surface area (Å²) in [6.07, 6.45) is 0. The average molecular weight is 253 g/mol. The van der Waals surface area contributed by atoms with E-state index in [1.165, 1.54) is 6.92 Å². The fourth-order valence-electron chi connectivity index (χ4n) is 1.50. The van der Waals surface area contributed by atoms with Gasteiger partial charge in [0.25, 0.3) is 0 Å². The molecule has 0 saturated carbocycles. The van der Waals surface area contributed by atoms with Crippen LogP contribution >= 0.6 is 0 Å². The number of hydrogen-bond donors (Lipinski definition) is 2. The number of nitrogens with two attached hydrogens (primary N) is 1. The van der Waals surface area contributed by atoms with Crippen LogP contribution in [0.15, 0.2) is 18.2 Å². The van der Waals surface area contributed by atoms with Crippen molar-refractivity contribution in [3.8, 4) is 11.5 Å². The van der Waals surface area contributed by atoms with E-state index in [2.05, 4.69) is 0 Å². The van der Waals surface area contributed by atoms with E-state index < -0.39 is 11.5 Å². The molecule has 100 valence electrons. The van der Waals surface area contributed by atoms with Crippen molar-refractivity contribution >= 4 is 5.97 Å². The van der Waals surface area contributed by atoms with Gasteiger partial charge in [-0.3, -0.25) is 0 Å². The lowest BCUT2D eigenvalue weighted by Crippen LogP contribution is -2.41. The summed E-state index contributed by atoms with van der Waals surface area (Å²) < 4.78 is 10.8. The number of ether oxygens (including phenoxy) is 2. The average Bonchev–Trinajstić information content (AvgIpc) is 2.31. The van der Waals surface area contributed by atoms with Crippen LogP contribution in [0.4, 0.5) is 0 Å². The first-order valence-corrected chi connectivity index (χ1v) is 5.85. The topological polar surface area (TPSA) is 81.8 Å². The fourth-order valence-corrected chi connectivity index (χ4v) is 1.50. The van der Waals surface area contributed by atoms with E-state index in [0.717, 1.165) is 0 Å². The molecule has 3 N–H and O–H groups in total. The van der Waals surface area contributed by atoms with Gasteiger partial charge in [-0.05, 0) is 38.5 Å². The van der Waals surface area contributed by atoms with Gasteiger partial charge in [-0.15, -0.1) is 0 Å². The quantitative estimate of drug-likeness (QED) is 0.807. The van der Waals surface area contributed by atoms with Crippen molar-refractivity contribution < 1.29 is 19.4 Å². The van der Waals surface area contributed by atoms with Crippen LogP contribution < -0.4 is 15.2 Å². The van der Waals surface area contributed by atoms with Gasteiger partial charge in [0.1, 0.15) is 5.54 Å². The number of benzene rings is 1. The van der Waals surface area contributed by atoms with Crippen molar-refractivity contribution in [3.63, 3.8) is 0 Å². The first kappa shape index (κ1) is 14.3. The van der Waals surface area contributed by atoms with Crippen molar-refractivity contribution in [2.45, 2.75) is 26.3 Å². The minimum Gasteiger partial charge on any atom is -0.490 e. The van der Waals surface area contributed by atoms with Gasteiger partial charge in [-0.1, -0.05) is 6.07 Å². The van der Waals surface area contributed by atoms with Crippen LogP contribution in [0, 0.1) is 0 Å². The first-order chi connectivity index (χ1) is 8.43. The van der Waals surface area contributed by atoms with E-state index in [1.807, 2.05) is 13.8 Å². The highest BCUT2D eigenvalue weighted by atomic mass is 16.5. The summed E-state index contributed by atoms with van der Waals surface area (Å²) >= 11 is 0. The predicted molar refractivity (Wildman–Crippen MR) is 68.0 cm³/mol. The van der Waals surface area contributed by atoms with E-state index in [4.69, 9.17) is 20.3 Å². The van der Waals surface area contributed by atoms with Crippen molar-refractivity contribution in [2.75, 3.05) is 13.2 Å². The number of carbonyl (C=O) groups is 1. The third-order valence-electron chi connectivity index (χ3n) is 2.59. The van der Waals surface area contributed by atoms with Crippen molar-refractivity contribution in [1.29, 1.82) is 0 Å². The SMILES string of the molecule is CCOc1ccc(C(C)(N)C(=O)O)cc1OCC. The van der Waals surface area contributed by atoms with Gasteiger partial charge in [-0.25, -0.2) is 4.79 Å². The Morgan fingerprint density at radius 2 is 1.83 bits per heavy atom. The van der Waals surface area contributed by atoms with Gasteiger partial charge in [0.15, 0.2) is 11.5 Å². The Balaban J connectivity index is 3.17. The molecule has 0 fully saturated rings. The summed E-state index contributed by atoms with van der Waals surface area (Å²) in [5.74, 6) is 0.00757. The maximum absolute atomic E-state index is 11.1. The predicted octanol–water partition coefficient (Wildman–Crippen LogP) is 1.74. The minimum absolute atomic E-state index is 0.470. The Kier molecular flexibility index (Phi) is 4.55. The van der Waals surface area contributed by atoms with Gasteiger partial charge in [0, 0.05) is 0 Å². The summed E-state index contributed by atoms with van der Waals surface area (Å²) in [4.78, 5) is 11.1. The van der Waals surface area contributed by atoms with E-state index in [0.29, 0.717) is 30.3 Å². The Hall–Kier alpha value is -1.75. The Morgan fingerprint density at radius 3 is 2.33 bits per heavy atom. The third kappa shape index (κ3) is 2.92. The molecule has 1 atom stereocenters. The summed E-state index contributed by atoms with van der Waals surface area (Å²) in [7, 11) is 0. The highest BCUT2D eigenvalue weighted by Gasteiger charge is 2.31. The molecule has 5 heteroatoms. The van der Waals surface area contributed by atoms with Crippen LogP contribution in [-0.2, 0) is 10.3 Å². The zero-order chi connectivity index (χ0) is 13.8. The van der Waals surface area contributed by atoms with Gasteiger partial charge >= 0.3 is 5.97 Å². The van der Waals surface area contributed by atoms with E-state index in [1.54, 1.807) is 18.2 Å². The molecule has 18 heavy (non-hydrogen) atoms. The Labute approximate surface area is 107 Å². The molecule has 1 aromatic carbocycles. The molecule has 0 radical (unpaired) electrons. The number of carboxylic acid groups (broad SMARTS) is 1. The van der Waals surface area contributed by atoms with Crippen LogP contribution in [0.1, 0.15) is 26.3 Å². The van der Waals surface area contributed by atoms with Crippen molar-refractivity contribution in [2.24, 2.45) is 5.73 Å².